The molecular formula is C17H16F2N2O4S. The average Bonchev–Trinajstić information content (AvgIpc) is 2.94. The molecule has 26 heavy (non-hydrogen) atoms. The Kier molecular flexibility index (Phi) is 6.10. The van der Waals surface area contributed by atoms with E-state index in [4.69, 9.17) is 9.84 Å². The van der Waals surface area contributed by atoms with Gasteiger partial charge in [-0.1, -0.05) is 13.8 Å². The van der Waals surface area contributed by atoms with Gasteiger partial charge in [0.25, 0.3) is 0 Å². The van der Waals surface area contributed by atoms with Crippen molar-refractivity contribution in [3.8, 4) is 28.1 Å². The molecule has 1 heterocycles. The van der Waals surface area contributed by atoms with E-state index in [1.807, 2.05) is 19.9 Å². The third kappa shape index (κ3) is 4.46. The number of ether oxygens (including phenoxy) is 2. The van der Waals surface area contributed by atoms with Crippen molar-refractivity contribution in [2.24, 2.45) is 5.92 Å². The first-order valence-corrected chi connectivity index (χ1v) is 8.41. The molecule has 0 amide bonds. The Bertz CT molecular complexity index is 859. The smallest absolute Gasteiger partial charge is 0.387 e. The highest BCUT2D eigenvalue weighted by Crippen LogP contribution is 2.39. The number of aromatic carboxylic acids is 1. The number of hydrogen-bond donors (Lipinski definition) is 1. The van der Waals surface area contributed by atoms with Gasteiger partial charge < -0.3 is 14.6 Å². The number of carboxylic acid groups (broad SMARTS) is 1. The Labute approximate surface area is 152 Å². The topological polar surface area (TPSA) is 92.4 Å². The molecule has 0 radical (unpaired) electrons. The summed E-state index contributed by atoms with van der Waals surface area (Å²) in [6.07, 6.45) is 0. The number of carboxylic acids is 1. The molecule has 0 aliphatic carbocycles. The van der Waals surface area contributed by atoms with E-state index in [9.17, 15) is 18.8 Å². The lowest BCUT2D eigenvalue weighted by Crippen LogP contribution is -2.09. The molecule has 1 aromatic heterocycles. The zero-order valence-electron chi connectivity index (χ0n) is 14.2. The van der Waals surface area contributed by atoms with Crippen molar-refractivity contribution in [2.45, 2.75) is 27.4 Å². The molecule has 9 heteroatoms. The van der Waals surface area contributed by atoms with Gasteiger partial charge in [-0.05, 0) is 25.0 Å². The van der Waals surface area contributed by atoms with Crippen LogP contribution in [0.3, 0.4) is 0 Å². The van der Waals surface area contributed by atoms with Crippen LogP contribution in [0.4, 0.5) is 8.78 Å². The van der Waals surface area contributed by atoms with Crippen LogP contribution in [0.2, 0.25) is 0 Å². The van der Waals surface area contributed by atoms with Crippen LogP contribution in [0, 0.1) is 24.2 Å². The standard InChI is InChI=1S/C17H16F2N2O4S/c1-8(2)7-24-13-11(6-20)4-10(5-12(13)25-17(18)19)15-21-9(3)14(26-15)16(22)23/h4-5,8,17H,7H2,1-3H3,(H,22,23). The number of benzene rings is 1. The quantitative estimate of drug-likeness (QED) is 0.766. The monoisotopic (exact) mass is 382 g/mol. The fraction of sp³-hybridized carbons (Fsp3) is 0.353. The predicted molar refractivity (Wildman–Crippen MR) is 90.9 cm³/mol. The number of hydrogen-bond acceptors (Lipinski definition) is 6. The van der Waals surface area contributed by atoms with Gasteiger partial charge in [0.05, 0.1) is 17.9 Å². The highest BCUT2D eigenvalue weighted by molar-refractivity contribution is 7.17. The molecule has 0 saturated heterocycles. The first-order valence-electron chi connectivity index (χ1n) is 7.59. The van der Waals surface area contributed by atoms with Gasteiger partial charge in [-0.2, -0.15) is 14.0 Å². The first-order chi connectivity index (χ1) is 12.2. The lowest BCUT2D eigenvalue weighted by molar-refractivity contribution is -0.0515. The van der Waals surface area contributed by atoms with Crippen LogP contribution in [0.25, 0.3) is 10.6 Å². The highest BCUT2D eigenvalue weighted by Gasteiger charge is 2.21. The molecule has 0 aliphatic rings. The van der Waals surface area contributed by atoms with Crippen LogP contribution in [0.5, 0.6) is 11.5 Å². The largest absolute Gasteiger partial charge is 0.488 e. The van der Waals surface area contributed by atoms with Gasteiger partial charge in [0.15, 0.2) is 11.5 Å². The van der Waals surface area contributed by atoms with Crippen LogP contribution in [-0.2, 0) is 0 Å². The maximum absolute atomic E-state index is 12.8. The third-order valence-corrected chi connectivity index (χ3v) is 4.38. The first kappa shape index (κ1) is 19.6. The van der Waals surface area contributed by atoms with Crippen molar-refractivity contribution in [3.05, 3.63) is 28.3 Å². The summed E-state index contributed by atoms with van der Waals surface area (Å²) < 4.78 is 35.6. The normalized spacial score (nSPS) is 10.8. The summed E-state index contributed by atoms with van der Waals surface area (Å²) in [4.78, 5) is 15.4. The Hall–Kier alpha value is -2.73. The molecule has 0 saturated carbocycles. The van der Waals surface area contributed by atoms with Crippen molar-refractivity contribution in [1.82, 2.24) is 4.98 Å². The number of rotatable bonds is 7. The number of halogens is 2. The van der Waals surface area contributed by atoms with Gasteiger partial charge in [0.2, 0.25) is 0 Å². The van der Waals surface area contributed by atoms with Crippen molar-refractivity contribution in [2.75, 3.05) is 6.61 Å². The number of aromatic nitrogens is 1. The minimum absolute atomic E-state index is 0.00327. The van der Waals surface area contributed by atoms with E-state index in [0.29, 0.717) is 11.3 Å². The molecule has 1 N–H and O–H groups in total. The second kappa shape index (κ2) is 8.10. The van der Waals surface area contributed by atoms with E-state index in [1.54, 1.807) is 0 Å². The summed E-state index contributed by atoms with van der Waals surface area (Å²) in [7, 11) is 0. The van der Waals surface area contributed by atoms with Gasteiger partial charge >= 0.3 is 12.6 Å². The van der Waals surface area contributed by atoms with E-state index in [0.717, 1.165) is 11.3 Å². The van der Waals surface area contributed by atoms with Crippen LogP contribution < -0.4 is 9.47 Å². The minimum Gasteiger partial charge on any atom is -0.488 e. The second-order valence-corrected chi connectivity index (χ2v) is 6.78. The number of carbonyl (C=O) groups is 1. The molecule has 0 spiro atoms. The molecular weight excluding hydrogens is 366 g/mol. The summed E-state index contributed by atoms with van der Waals surface area (Å²) in [6.45, 7) is 2.39. The fourth-order valence-corrected chi connectivity index (χ4v) is 3.00. The minimum atomic E-state index is -3.11. The van der Waals surface area contributed by atoms with Crippen LogP contribution >= 0.6 is 11.3 Å². The fourth-order valence-electron chi connectivity index (χ4n) is 2.11. The molecule has 0 bridgehead atoms. The van der Waals surface area contributed by atoms with Gasteiger partial charge in [0.1, 0.15) is 16.0 Å². The third-order valence-electron chi connectivity index (χ3n) is 3.19. The number of thiazole rings is 1. The van der Waals surface area contributed by atoms with Crippen molar-refractivity contribution < 1.29 is 28.2 Å². The van der Waals surface area contributed by atoms with Crippen molar-refractivity contribution in [3.63, 3.8) is 0 Å². The van der Waals surface area contributed by atoms with Gasteiger partial charge in [-0.3, -0.25) is 0 Å². The Balaban J connectivity index is 2.56. The van der Waals surface area contributed by atoms with Crippen LogP contribution in [0.15, 0.2) is 12.1 Å². The Morgan fingerprint density at radius 2 is 2.12 bits per heavy atom. The average molecular weight is 382 g/mol. The molecule has 0 atom stereocenters. The van der Waals surface area contributed by atoms with E-state index in [2.05, 4.69) is 9.72 Å². The van der Waals surface area contributed by atoms with Crippen molar-refractivity contribution in [1.29, 1.82) is 5.26 Å². The lowest BCUT2D eigenvalue weighted by Gasteiger charge is -2.16. The Morgan fingerprint density at radius 3 is 2.62 bits per heavy atom. The molecule has 0 unspecified atom stereocenters. The van der Waals surface area contributed by atoms with E-state index in [-0.39, 0.29) is 39.5 Å². The van der Waals surface area contributed by atoms with Gasteiger partial charge in [0, 0.05) is 5.56 Å². The predicted octanol–water partition coefficient (Wildman–Crippen LogP) is 4.32. The summed E-state index contributed by atoms with van der Waals surface area (Å²) in [5, 5.41) is 18.8. The summed E-state index contributed by atoms with van der Waals surface area (Å²) in [6, 6.07) is 4.58. The zero-order valence-corrected chi connectivity index (χ0v) is 15.1. The van der Waals surface area contributed by atoms with Gasteiger partial charge in [-0.15, -0.1) is 11.3 Å². The SMILES string of the molecule is Cc1nc(-c2cc(C#N)c(OCC(C)C)c(OC(F)F)c2)sc1C(=O)O. The summed E-state index contributed by atoms with van der Waals surface area (Å²) >= 11 is 0.888. The highest BCUT2D eigenvalue weighted by atomic mass is 32.1. The molecule has 2 rings (SSSR count). The van der Waals surface area contributed by atoms with Crippen LogP contribution in [0.1, 0.15) is 34.8 Å². The summed E-state index contributed by atoms with van der Waals surface area (Å²) in [5.74, 6) is -1.38. The second-order valence-electron chi connectivity index (χ2n) is 5.78. The molecule has 138 valence electrons. The van der Waals surface area contributed by atoms with Crippen molar-refractivity contribution >= 4 is 17.3 Å². The van der Waals surface area contributed by atoms with Gasteiger partial charge in [-0.25, -0.2) is 9.78 Å². The molecule has 2 aromatic rings. The number of aryl methyl sites for hydroxylation is 1. The number of alkyl halides is 2. The molecule has 0 aliphatic heterocycles. The molecule has 0 fully saturated rings. The molecule has 6 nitrogen and oxygen atoms in total. The van der Waals surface area contributed by atoms with E-state index < -0.39 is 12.6 Å². The zero-order chi connectivity index (χ0) is 19.4. The molecule has 1 aromatic carbocycles. The number of nitriles is 1. The Morgan fingerprint density at radius 1 is 1.42 bits per heavy atom. The van der Waals surface area contributed by atoms with E-state index in [1.165, 1.54) is 19.1 Å². The van der Waals surface area contributed by atoms with E-state index >= 15 is 0 Å². The maximum atomic E-state index is 12.8. The number of nitrogens with zero attached hydrogens (tertiary/aromatic N) is 2. The maximum Gasteiger partial charge on any atom is 0.387 e. The summed E-state index contributed by atoms with van der Waals surface area (Å²) in [5.41, 5.74) is 0.602. The van der Waals surface area contributed by atoms with Crippen LogP contribution in [-0.4, -0.2) is 29.3 Å². The lowest BCUT2D eigenvalue weighted by atomic mass is 10.1.